The Balaban J connectivity index is 1.47. The molecule has 5 aromatic rings. The molecule has 0 aliphatic heterocycles. The number of para-hydroxylation sites is 1. The minimum Gasteiger partial charge on any atom is -0.457 e. The molecule has 0 saturated heterocycles. The Morgan fingerprint density at radius 1 is 0.607 bits per heavy atom. The molecule has 0 unspecified atom stereocenters. The number of benzene rings is 2. The normalized spacial score (nSPS) is 10.9. The third-order valence-electron chi connectivity index (χ3n) is 4.51. The van der Waals surface area contributed by atoms with E-state index in [0.717, 1.165) is 39.7 Å². The third kappa shape index (κ3) is 3.10. The predicted octanol–water partition coefficient (Wildman–Crippen LogP) is 5.25. The smallest absolute Gasteiger partial charge is 0.168 e. The molecule has 0 N–H and O–H groups in total. The lowest BCUT2D eigenvalue weighted by Crippen LogP contribution is -1.91. The van der Waals surface area contributed by atoms with E-state index in [1.54, 1.807) is 12.4 Å². The zero-order valence-corrected chi connectivity index (χ0v) is 14.9. The summed E-state index contributed by atoms with van der Waals surface area (Å²) >= 11 is 0. The van der Waals surface area contributed by atoms with E-state index in [-0.39, 0.29) is 0 Å². The molecule has 3 aromatic heterocycles. The molecule has 5 heteroatoms. The molecule has 0 aliphatic carbocycles. The summed E-state index contributed by atoms with van der Waals surface area (Å²) in [4.78, 5) is 4.07. The molecule has 0 atom stereocenters. The van der Waals surface area contributed by atoms with Crippen LogP contribution in [0.2, 0.25) is 0 Å². The van der Waals surface area contributed by atoms with E-state index in [0.29, 0.717) is 0 Å². The van der Waals surface area contributed by atoms with E-state index < -0.39 is 0 Å². The second-order valence-corrected chi connectivity index (χ2v) is 6.34. The molecule has 0 aliphatic rings. The van der Waals surface area contributed by atoms with Gasteiger partial charge in [0.25, 0.3) is 0 Å². The SMILES string of the molecule is c1ccc(Oc2ccc(-c3ccc4nnc(-c5ccncc5)n4c3)cc2)cc1. The topological polar surface area (TPSA) is 52.3 Å². The van der Waals surface area contributed by atoms with E-state index in [9.17, 15) is 0 Å². The fraction of sp³-hybridized carbons (Fsp3) is 0. The van der Waals surface area contributed by atoms with Gasteiger partial charge in [-0.2, -0.15) is 0 Å². The van der Waals surface area contributed by atoms with Crippen LogP contribution in [0.5, 0.6) is 11.5 Å². The highest BCUT2D eigenvalue weighted by molar-refractivity contribution is 5.67. The fourth-order valence-electron chi connectivity index (χ4n) is 3.10. The van der Waals surface area contributed by atoms with Gasteiger partial charge in [-0.3, -0.25) is 9.38 Å². The standard InChI is InChI=1S/C23H16N4O/c1-2-4-20(5-3-1)28-21-9-6-17(7-10-21)19-8-11-22-25-26-23(27(22)16-19)18-12-14-24-15-13-18/h1-16H. The molecule has 3 heterocycles. The zero-order valence-electron chi connectivity index (χ0n) is 14.9. The minimum absolute atomic E-state index is 0.795. The molecule has 0 saturated carbocycles. The molecule has 5 rings (SSSR count). The molecule has 0 spiro atoms. The van der Waals surface area contributed by atoms with Crippen molar-refractivity contribution in [2.75, 3.05) is 0 Å². The first-order valence-corrected chi connectivity index (χ1v) is 8.95. The maximum absolute atomic E-state index is 5.87. The van der Waals surface area contributed by atoms with Crippen molar-refractivity contribution in [3.05, 3.63) is 97.5 Å². The molecule has 0 bridgehead atoms. The number of pyridine rings is 2. The molecule has 28 heavy (non-hydrogen) atoms. The van der Waals surface area contributed by atoms with Gasteiger partial charge in [0.15, 0.2) is 11.5 Å². The Hall–Kier alpha value is -3.99. The van der Waals surface area contributed by atoms with Gasteiger partial charge in [-0.25, -0.2) is 0 Å². The number of fused-ring (bicyclic) bond motifs is 1. The van der Waals surface area contributed by atoms with Crippen molar-refractivity contribution in [1.82, 2.24) is 19.6 Å². The van der Waals surface area contributed by atoms with Crippen molar-refractivity contribution >= 4 is 5.65 Å². The van der Waals surface area contributed by atoms with Crippen LogP contribution in [0, 0.1) is 0 Å². The van der Waals surface area contributed by atoms with Gasteiger partial charge < -0.3 is 4.74 Å². The van der Waals surface area contributed by atoms with Gasteiger partial charge in [-0.15, -0.1) is 10.2 Å². The summed E-state index contributed by atoms with van der Waals surface area (Å²) in [6.07, 6.45) is 5.57. The third-order valence-corrected chi connectivity index (χ3v) is 4.51. The van der Waals surface area contributed by atoms with Gasteiger partial charge in [-0.1, -0.05) is 30.3 Å². The van der Waals surface area contributed by atoms with Crippen LogP contribution < -0.4 is 4.74 Å². The van der Waals surface area contributed by atoms with Crippen molar-refractivity contribution in [2.45, 2.75) is 0 Å². The van der Waals surface area contributed by atoms with E-state index in [4.69, 9.17) is 4.74 Å². The molecule has 2 aromatic carbocycles. The predicted molar refractivity (Wildman–Crippen MR) is 108 cm³/mol. The summed E-state index contributed by atoms with van der Waals surface area (Å²) in [5, 5.41) is 8.59. The Labute approximate surface area is 161 Å². The fourth-order valence-corrected chi connectivity index (χ4v) is 3.10. The Kier molecular flexibility index (Phi) is 4.03. The number of hydrogen-bond acceptors (Lipinski definition) is 4. The number of ether oxygens (including phenoxy) is 1. The second-order valence-electron chi connectivity index (χ2n) is 6.34. The number of nitrogens with zero attached hydrogens (tertiary/aromatic N) is 4. The van der Waals surface area contributed by atoms with Gasteiger partial charge >= 0.3 is 0 Å². The number of aromatic nitrogens is 4. The summed E-state index contributed by atoms with van der Waals surface area (Å²) in [5.41, 5.74) is 3.96. The van der Waals surface area contributed by atoms with E-state index >= 15 is 0 Å². The van der Waals surface area contributed by atoms with Gasteiger partial charge in [0.2, 0.25) is 0 Å². The maximum atomic E-state index is 5.87. The summed E-state index contributed by atoms with van der Waals surface area (Å²) in [6.45, 7) is 0. The number of hydrogen-bond donors (Lipinski definition) is 0. The summed E-state index contributed by atoms with van der Waals surface area (Å²) in [7, 11) is 0. The first kappa shape index (κ1) is 16.2. The average Bonchev–Trinajstić information content (AvgIpc) is 3.19. The van der Waals surface area contributed by atoms with Crippen LogP contribution in [0.1, 0.15) is 0 Å². The van der Waals surface area contributed by atoms with Crippen LogP contribution in [-0.2, 0) is 0 Å². The lowest BCUT2D eigenvalue weighted by molar-refractivity contribution is 0.483. The largest absolute Gasteiger partial charge is 0.457 e. The van der Waals surface area contributed by atoms with E-state index in [1.165, 1.54) is 0 Å². The van der Waals surface area contributed by atoms with Crippen molar-refractivity contribution in [1.29, 1.82) is 0 Å². The lowest BCUT2D eigenvalue weighted by Gasteiger charge is -2.08. The monoisotopic (exact) mass is 364 g/mol. The van der Waals surface area contributed by atoms with Gasteiger partial charge in [0.05, 0.1) is 0 Å². The van der Waals surface area contributed by atoms with Crippen LogP contribution in [-0.4, -0.2) is 19.6 Å². The first-order valence-electron chi connectivity index (χ1n) is 8.95. The summed E-state index contributed by atoms with van der Waals surface area (Å²) in [6, 6.07) is 25.7. The van der Waals surface area contributed by atoms with Crippen molar-refractivity contribution in [2.24, 2.45) is 0 Å². The van der Waals surface area contributed by atoms with Crippen LogP contribution in [0.25, 0.3) is 28.2 Å². The van der Waals surface area contributed by atoms with Gasteiger partial charge in [0.1, 0.15) is 11.5 Å². The highest BCUT2D eigenvalue weighted by Crippen LogP contribution is 2.27. The Morgan fingerprint density at radius 2 is 1.32 bits per heavy atom. The van der Waals surface area contributed by atoms with Crippen molar-refractivity contribution in [3.8, 4) is 34.0 Å². The van der Waals surface area contributed by atoms with Crippen molar-refractivity contribution in [3.63, 3.8) is 0 Å². The van der Waals surface area contributed by atoms with Crippen LogP contribution in [0.3, 0.4) is 0 Å². The second kappa shape index (κ2) is 6.96. The number of rotatable bonds is 4. The van der Waals surface area contributed by atoms with Crippen molar-refractivity contribution < 1.29 is 4.74 Å². The van der Waals surface area contributed by atoms with E-state index in [1.807, 2.05) is 71.1 Å². The van der Waals surface area contributed by atoms with Gasteiger partial charge in [-0.05, 0) is 59.7 Å². The molecule has 0 radical (unpaired) electrons. The van der Waals surface area contributed by atoms with Crippen LogP contribution in [0.15, 0.2) is 97.5 Å². The highest BCUT2D eigenvalue weighted by Gasteiger charge is 2.09. The Morgan fingerprint density at radius 3 is 2.11 bits per heavy atom. The quantitative estimate of drug-likeness (QED) is 0.437. The zero-order chi connectivity index (χ0) is 18.8. The molecule has 0 amide bonds. The molecule has 5 nitrogen and oxygen atoms in total. The molecular weight excluding hydrogens is 348 g/mol. The molecular formula is C23H16N4O. The van der Waals surface area contributed by atoms with Crippen LogP contribution >= 0.6 is 0 Å². The minimum atomic E-state index is 0.795. The molecule has 134 valence electrons. The van der Waals surface area contributed by atoms with Gasteiger partial charge in [0, 0.05) is 24.2 Å². The summed E-state index contributed by atoms with van der Waals surface area (Å²) < 4.78 is 7.87. The van der Waals surface area contributed by atoms with E-state index in [2.05, 4.69) is 33.5 Å². The first-order chi connectivity index (χ1) is 13.9. The summed E-state index contributed by atoms with van der Waals surface area (Å²) in [5.74, 6) is 2.42. The Bertz CT molecular complexity index is 1220. The maximum Gasteiger partial charge on any atom is 0.168 e. The molecule has 0 fully saturated rings. The lowest BCUT2D eigenvalue weighted by atomic mass is 10.1. The highest BCUT2D eigenvalue weighted by atomic mass is 16.5. The van der Waals surface area contributed by atoms with Crippen LogP contribution in [0.4, 0.5) is 0 Å². The average molecular weight is 364 g/mol.